The highest BCUT2D eigenvalue weighted by Gasteiger charge is 2.26. The van der Waals surface area contributed by atoms with E-state index in [1.54, 1.807) is 0 Å². The van der Waals surface area contributed by atoms with Crippen molar-refractivity contribution in [3.8, 4) is 0 Å². The molecule has 3 rings (SSSR count). The minimum atomic E-state index is -0.145. The van der Waals surface area contributed by atoms with Crippen LogP contribution in [0.15, 0.2) is 30.5 Å². The summed E-state index contributed by atoms with van der Waals surface area (Å²) < 4.78 is 0. The Morgan fingerprint density at radius 3 is 2.95 bits per heavy atom. The molecule has 0 spiro atoms. The van der Waals surface area contributed by atoms with Gasteiger partial charge in [0.25, 0.3) is 0 Å². The van der Waals surface area contributed by atoms with Crippen molar-refractivity contribution in [2.75, 3.05) is 6.54 Å². The number of rotatable bonds is 6. The SMILES string of the molecule is O=C(CCCc1c[nH]c2ccccc12)NCC1CC(O)C1. The van der Waals surface area contributed by atoms with E-state index in [2.05, 4.69) is 22.4 Å². The molecule has 4 heteroatoms. The molecule has 3 N–H and O–H groups in total. The van der Waals surface area contributed by atoms with Gasteiger partial charge in [0, 0.05) is 30.1 Å². The van der Waals surface area contributed by atoms with Crippen LogP contribution in [-0.4, -0.2) is 28.6 Å². The lowest BCUT2D eigenvalue weighted by atomic mass is 9.82. The van der Waals surface area contributed by atoms with Gasteiger partial charge in [-0.05, 0) is 43.2 Å². The van der Waals surface area contributed by atoms with E-state index in [4.69, 9.17) is 0 Å². The third kappa shape index (κ3) is 3.45. The highest BCUT2D eigenvalue weighted by molar-refractivity contribution is 5.83. The zero-order valence-corrected chi connectivity index (χ0v) is 12.1. The Bertz CT molecular complexity index is 614. The van der Waals surface area contributed by atoms with E-state index < -0.39 is 0 Å². The number of amides is 1. The lowest BCUT2D eigenvalue weighted by Crippen LogP contribution is -2.38. The number of nitrogens with one attached hydrogen (secondary N) is 2. The average molecular weight is 286 g/mol. The van der Waals surface area contributed by atoms with E-state index in [0.29, 0.717) is 18.9 Å². The molecule has 0 aliphatic heterocycles. The fourth-order valence-electron chi connectivity index (χ4n) is 2.99. The van der Waals surface area contributed by atoms with Crippen LogP contribution >= 0.6 is 0 Å². The van der Waals surface area contributed by atoms with Crippen LogP contribution in [0.4, 0.5) is 0 Å². The quantitative estimate of drug-likeness (QED) is 0.763. The molecule has 1 heterocycles. The topological polar surface area (TPSA) is 65.1 Å². The first-order valence-corrected chi connectivity index (χ1v) is 7.72. The Morgan fingerprint density at radius 1 is 1.33 bits per heavy atom. The van der Waals surface area contributed by atoms with Gasteiger partial charge >= 0.3 is 0 Å². The Kier molecular flexibility index (Phi) is 4.25. The highest BCUT2D eigenvalue weighted by Crippen LogP contribution is 2.26. The monoisotopic (exact) mass is 286 g/mol. The molecule has 21 heavy (non-hydrogen) atoms. The van der Waals surface area contributed by atoms with Crippen LogP contribution in [0.3, 0.4) is 0 Å². The Hall–Kier alpha value is -1.81. The van der Waals surface area contributed by atoms with Crippen molar-refractivity contribution < 1.29 is 9.90 Å². The number of hydrogen-bond acceptors (Lipinski definition) is 2. The molecule has 0 unspecified atom stereocenters. The number of aliphatic hydroxyl groups is 1. The highest BCUT2D eigenvalue weighted by atomic mass is 16.3. The smallest absolute Gasteiger partial charge is 0.220 e. The molecule has 0 bridgehead atoms. The first-order valence-electron chi connectivity index (χ1n) is 7.72. The van der Waals surface area contributed by atoms with Gasteiger partial charge in [-0.3, -0.25) is 4.79 Å². The van der Waals surface area contributed by atoms with E-state index in [-0.39, 0.29) is 12.0 Å². The average Bonchev–Trinajstić information content (AvgIpc) is 2.86. The van der Waals surface area contributed by atoms with E-state index in [1.807, 2.05) is 18.3 Å². The van der Waals surface area contributed by atoms with Crippen molar-refractivity contribution in [2.45, 2.75) is 38.2 Å². The zero-order chi connectivity index (χ0) is 14.7. The van der Waals surface area contributed by atoms with Crippen LogP contribution in [0.5, 0.6) is 0 Å². The number of aryl methyl sites for hydroxylation is 1. The molecule has 0 atom stereocenters. The number of fused-ring (bicyclic) bond motifs is 1. The maximum atomic E-state index is 11.8. The fraction of sp³-hybridized carbons (Fsp3) is 0.471. The maximum Gasteiger partial charge on any atom is 0.220 e. The van der Waals surface area contributed by atoms with Gasteiger partial charge in [-0.2, -0.15) is 0 Å². The molecular weight excluding hydrogens is 264 g/mol. The van der Waals surface area contributed by atoms with Gasteiger partial charge in [0.1, 0.15) is 0 Å². The first kappa shape index (κ1) is 14.1. The lowest BCUT2D eigenvalue weighted by Gasteiger charge is -2.31. The predicted molar refractivity (Wildman–Crippen MR) is 83.0 cm³/mol. The lowest BCUT2D eigenvalue weighted by molar-refractivity contribution is -0.121. The third-order valence-corrected chi connectivity index (χ3v) is 4.32. The van der Waals surface area contributed by atoms with Crippen LogP contribution < -0.4 is 5.32 Å². The molecule has 1 aliphatic rings. The Balaban J connectivity index is 1.40. The summed E-state index contributed by atoms with van der Waals surface area (Å²) in [5.74, 6) is 0.591. The van der Waals surface area contributed by atoms with Gasteiger partial charge in [0.05, 0.1) is 6.10 Å². The molecule has 4 nitrogen and oxygen atoms in total. The maximum absolute atomic E-state index is 11.8. The van der Waals surface area contributed by atoms with Crippen molar-refractivity contribution in [3.05, 3.63) is 36.0 Å². The van der Waals surface area contributed by atoms with Crippen LogP contribution in [-0.2, 0) is 11.2 Å². The molecule has 1 aliphatic carbocycles. The first-order chi connectivity index (χ1) is 10.2. The van der Waals surface area contributed by atoms with E-state index in [9.17, 15) is 9.90 Å². The van der Waals surface area contributed by atoms with E-state index in [0.717, 1.165) is 31.2 Å². The van der Waals surface area contributed by atoms with Crippen molar-refractivity contribution in [1.82, 2.24) is 10.3 Å². The molecule has 0 radical (unpaired) electrons. The summed E-state index contributed by atoms with van der Waals surface area (Å²) in [5.41, 5.74) is 2.43. The van der Waals surface area contributed by atoms with Gasteiger partial charge < -0.3 is 15.4 Å². The normalized spacial score (nSPS) is 21.2. The van der Waals surface area contributed by atoms with Crippen molar-refractivity contribution in [1.29, 1.82) is 0 Å². The molecule has 1 aromatic heterocycles. The van der Waals surface area contributed by atoms with Crippen molar-refractivity contribution >= 4 is 16.8 Å². The van der Waals surface area contributed by atoms with E-state index in [1.165, 1.54) is 10.9 Å². The summed E-state index contributed by atoms with van der Waals surface area (Å²) in [7, 11) is 0. The van der Waals surface area contributed by atoms with Gasteiger partial charge in [-0.15, -0.1) is 0 Å². The fourth-order valence-corrected chi connectivity index (χ4v) is 2.99. The molecule has 0 saturated heterocycles. The summed E-state index contributed by atoms with van der Waals surface area (Å²) in [5, 5.41) is 13.4. The largest absolute Gasteiger partial charge is 0.393 e. The summed E-state index contributed by atoms with van der Waals surface area (Å²) in [4.78, 5) is 15.0. The number of carbonyl (C=O) groups is 1. The second-order valence-electron chi connectivity index (χ2n) is 6.01. The number of benzene rings is 1. The number of hydrogen-bond donors (Lipinski definition) is 3. The summed E-state index contributed by atoms with van der Waals surface area (Å²) in [6.45, 7) is 0.711. The summed E-state index contributed by atoms with van der Waals surface area (Å²) >= 11 is 0. The molecule has 1 amide bonds. The zero-order valence-electron chi connectivity index (χ0n) is 12.1. The van der Waals surface area contributed by atoms with Crippen LogP contribution in [0.25, 0.3) is 10.9 Å². The van der Waals surface area contributed by atoms with Crippen molar-refractivity contribution in [2.24, 2.45) is 5.92 Å². The number of para-hydroxylation sites is 1. The third-order valence-electron chi connectivity index (χ3n) is 4.32. The Morgan fingerprint density at radius 2 is 2.14 bits per heavy atom. The van der Waals surface area contributed by atoms with E-state index >= 15 is 0 Å². The number of aromatic nitrogens is 1. The number of aliphatic hydroxyl groups excluding tert-OH is 1. The summed E-state index contributed by atoms with van der Waals surface area (Å²) in [6.07, 6.45) is 5.90. The summed E-state index contributed by atoms with van der Waals surface area (Å²) in [6, 6.07) is 8.24. The molecule has 1 fully saturated rings. The number of carbonyl (C=O) groups excluding carboxylic acids is 1. The second kappa shape index (κ2) is 6.31. The van der Waals surface area contributed by atoms with Gasteiger partial charge in [-0.1, -0.05) is 18.2 Å². The van der Waals surface area contributed by atoms with Crippen molar-refractivity contribution in [3.63, 3.8) is 0 Å². The number of H-pyrrole nitrogens is 1. The minimum absolute atomic E-state index is 0.122. The van der Waals surface area contributed by atoms with Gasteiger partial charge in [0.15, 0.2) is 0 Å². The number of aromatic amines is 1. The van der Waals surface area contributed by atoms with Crippen LogP contribution in [0, 0.1) is 5.92 Å². The van der Waals surface area contributed by atoms with Crippen LogP contribution in [0.1, 0.15) is 31.2 Å². The molecule has 2 aromatic rings. The van der Waals surface area contributed by atoms with Crippen LogP contribution in [0.2, 0.25) is 0 Å². The van der Waals surface area contributed by atoms with Gasteiger partial charge in [0.2, 0.25) is 5.91 Å². The molecule has 1 saturated carbocycles. The minimum Gasteiger partial charge on any atom is -0.393 e. The molecular formula is C17H22N2O2. The molecule has 112 valence electrons. The standard InChI is InChI=1S/C17H22N2O2/c20-14-8-12(9-14)10-19-17(21)7-3-4-13-11-18-16-6-2-1-5-15(13)16/h1-2,5-6,11-12,14,18,20H,3-4,7-10H2,(H,19,21). The molecule has 1 aromatic carbocycles. The Labute approximate surface area is 124 Å². The second-order valence-corrected chi connectivity index (χ2v) is 6.01. The predicted octanol–water partition coefficient (Wildman–Crippen LogP) is 2.38. The van der Waals surface area contributed by atoms with Gasteiger partial charge in [-0.25, -0.2) is 0 Å².